The summed E-state index contributed by atoms with van der Waals surface area (Å²) < 4.78 is 0. The lowest BCUT2D eigenvalue weighted by atomic mass is 10.1. The van der Waals surface area contributed by atoms with Gasteiger partial charge in [-0.1, -0.05) is 18.6 Å². The fourth-order valence-electron chi connectivity index (χ4n) is 2.05. The summed E-state index contributed by atoms with van der Waals surface area (Å²) in [7, 11) is 0. The minimum absolute atomic E-state index is 0.142. The quantitative estimate of drug-likeness (QED) is 0.868. The lowest BCUT2D eigenvalue weighted by Gasteiger charge is -2.21. The van der Waals surface area contributed by atoms with Gasteiger partial charge in [0, 0.05) is 5.69 Å². The van der Waals surface area contributed by atoms with E-state index in [2.05, 4.69) is 25.2 Å². The van der Waals surface area contributed by atoms with E-state index in [0.717, 1.165) is 17.9 Å². The summed E-state index contributed by atoms with van der Waals surface area (Å²) in [5.41, 5.74) is 3.35. The zero-order chi connectivity index (χ0) is 12.3. The van der Waals surface area contributed by atoms with Crippen LogP contribution >= 0.6 is 11.8 Å². The molecule has 1 saturated heterocycles. The van der Waals surface area contributed by atoms with E-state index in [4.69, 9.17) is 0 Å². The molecule has 17 heavy (non-hydrogen) atoms. The fourth-order valence-corrected chi connectivity index (χ4v) is 3.25. The van der Waals surface area contributed by atoms with Gasteiger partial charge in [-0.3, -0.25) is 4.79 Å². The van der Waals surface area contributed by atoms with Crippen LogP contribution in [-0.2, 0) is 4.79 Å². The molecule has 0 aromatic heterocycles. The van der Waals surface area contributed by atoms with Crippen molar-refractivity contribution in [2.45, 2.75) is 38.4 Å². The highest BCUT2D eigenvalue weighted by atomic mass is 32.2. The molecule has 2 rings (SSSR count). The standard InChI is InChI=1S/C14H19NOS/c1-10-6-5-7-12(11(10)2)15-14(16)13-8-3-4-9-17-13/h5-7,13H,3-4,8-9H2,1-2H3,(H,15,16). The molecule has 1 unspecified atom stereocenters. The number of hydrogen-bond acceptors (Lipinski definition) is 2. The van der Waals surface area contributed by atoms with Gasteiger partial charge in [0.1, 0.15) is 0 Å². The van der Waals surface area contributed by atoms with Crippen LogP contribution in [0.25, 0.3) is 0 Å². The molecule has 1 atom stereocenters. The normalized spacial score (nSPS) is 20.0. The van der Waals surface area contributed by atoms with Crippen molar-refractivity contribution in [3.63, 3.8) is 0 Å². The van der Waals surface area contributed by atoms with Crippen LogP contribution in [0.1, 0.15) is 30.4 Å². The third-order valence-corrected chi connectivity index (χ3v) is 4.71. The molecule has 1 aliphatic heterocycles. The number of carbonyl (C=O) groups excluding carboxylic acids is 1. The first-order valence-electron chi connectivity index (χ1n) is 6.17. The molecule has 1 heterocycles. The van der Waals surface area contributed by atoms with Crippen LogP contribution < -0.4 is 5.32 Å². The van der Waals surface area contributed by atoms with Gasteiger partial charge in [-0.15, -0.1) is 11.8 Å². The van der Waals surface area contributed by atoms with Crippen molar-refractivity contribution in [3.8, 4) is 0 Å². The fraction of sp³-hybridized carbons (Fsp3) is 0.500. The van der Waals surface area contributed by atoms with Crippen LogP contribution in [0.4, 0.5) is 5.69 Å². The molecule has 3 heteroatoms. The van der Waals surface area contributed by atoms with Gasteiger partial charge < -0.3 is 5.32 Å². The zero-order valence-corrected chi connectivity index (χ0v) is 11.3. The second-order valence-electron chi connectivity index (χ2n) is 4.59. The van der Waals surface area contributed by atoms with Gasteiger partial charge in [-0.2, -0.15) is 0 Å². The predicted molar refractivity (Wildman–Crippen MR) is 74.6 cm³/mol. The molecule has 0 spiro atoms. The number of hydrogen-bond donors (Lipinski definition) is 1. The molecule has 0 aliphatic carbocycles. The monoisotopic (exact) mass is 249 g/mol. The summed E-state index contributed by atoms with van der Waals surface area (Å²) >= 11 is 1.79. The highest BCUT2D eigenvalue weighted by Crippen LogP contribution is 2.27. The number of carbonyl (C=O) groups is 1. The molecular weight excluding hydrogens is 230 g/mol. The molecule has 1 aromatic carbocycles. The van der Waals surface area contributed by atoms with Gasteiger partial charge in [-0.05, 0) is 49.6 Å². The number of rotatable bonds is 2. The average Bonchev–Trinajstić information content (AvgIpc) is 2.36. The first-order valence-corrected chi connectivity index (χ1v) is 7.22. The number of nitrogens with one attached hydrogen (secondary N) is 1. The van der Waals surface area contributed by atoms with Crippen LogP contribution in [-0.4, -0.2) is 16.9 Å². The Morgan fingerprint density at radius 2 is 2.18 bits per heavy atom. The molecular formula is C14H19NOS. The smallest absolute Gasteiger partial charge is 0.237 e. The van der Waals surface area contributed by atoms with Crippen molar-refractivity contribution in [2.75, 3.05) is 11.1 Å². The summed E-state index contributed by atoms with van der Waals surface area (Å²) in [6.07, 6.45) is 3.44. The molecule has 0 saturated carbocycles. The van der Waals surface area contributed by atoms with E-state index in [-0.39, 0.29) is 11.2 Å². The van der Waals surface area contributed by atoms with Gasteiger partial charge >= 0.3 is 0 Å². The zero-order valence-electron chi connectivity index (χ0n) is 10.5. The molecule has 1 N–H and O–H groups in total. The topological polar surface area (TPSA) is 29.1 Å². The number of aryl methyl sites for hydroxylation is 1. The van der Waals surface area contributed by atoms with E-state index in [1.54, 1.807) is 11.8 Å². The Morgan fingerprint density at radius 1 is 1.35 bits per heavy atom. The largest absolute Gasteiger partial charge is 0.325 e. The highest BCUT2D eigenvalue weighted by molar-refractivity contribution is 8.00. The molecule has 92 valence electrons. The minimum atomic E-state index is 0.142. The van der Waals surface area contributed by atoms with Crippen LogP contribution in [0.5, 0.6) is 0 Å². The Balaban J connectivity index is 2.04. The third kappa shape index (κ3) is 3.03. The van der Waals surface area contributed by atoms with Crippen LogP contribution in [0.15, 0.2) is 18.2 Å². The number of benzene rings is 1. The van der Waals surface area contributed by atoms with Gasteiger partial charge in [-0.25, -0.2) is 0 Å². The highest BCUT2D eigenvalue weighted by Gasteiger charge is 2.22. The molecule has 0 bridgehead atoms. The van der Waals surface area contributed by atoms with Crippen LogP contribution in [0.2, 0.25) is 0 Å². The van der Waals surface area contributed by atoms with Crippen molar-refractivity contribution >= 4 is 23.4 Å². The first-order chi connectivity index (χ1) is 8.18. The first kappa shape index (κ1) is 12.5. The second kappa shape index (κ2) is 5.58. The number of anilines is 1. The summed E-state index contributed by atoms with van der Waals surface area (Å²) in [4.78, 5) is 12.1. The molecule has 1 fully saturated rings. The Labute approximate surface area is 107 Å². The van der Waals surface area contributed by atoms with Gasteiger partial charge in [0.2, 0.25) is 5.91 Å². The summed E-state index contributed by atoms with van der Waals surface area (Å²) in [6.45, 7) is 4.12. The van der Waals surface area contributed by atoms with Crippen molar-refractivity contribution in [3.05, 3.63) is 29.3 Å². The summed E-state index contributed by atoms with van der Waals surface area (Å²) in [5.74, 6) is 1.29. The molecule has 1 aromatic rings. The van der Waals surface area contributed by atoms with Crippen molar-refractivity contribution in [1.29, 1.82) is 0 Å². The molecule has 2 nitrogen and oxygen atoms in total. The van der Waals surface area contributed by atoms with E-state index in [1.165, 1.54) is 24.0 Å². The van der Waals surface area contributed by atoms with E-state index in [1.807, 2.05) is 12.1 Å². The Morgan fingerprint density at radius 3 is 2.88 bits per heavy atom. The molecule has 0 radical (unpaired) electrons. The van der Waals surface area contributed by atoms with E-state index < -0.39 is 0 Å². The number of amides is 1. The maximum Gasteiger partial charge on any atom is 0.237 e. The van der Waals surface area contributed by atoms with E-state index in [0.29, 0.717) is 0 Å². The second-order valence-corrected chi connectivity index (χ2v) is 5.90. The van der Waals surface area contributed by atoms with Crippen LogP contribution in [0, 0.1) is 13.8 Å². The maximum atomic E-state index is 12.1. The summed E-state index contributed by atoms with van der Waals surface area (Å²) in [6, 6.07) is 6.04. The molecule has 1 amide bonds. The van der Waals surface area contributed by atoms with Gasteiger partial charge in [0.05, 0.1) is 5.25 Å². The van der Waals surface area contributed by atoms with Gasteiger partial charge in [0.25, 0.3) is 0 Å². The van der Waals surface area contributed by atoms with Crippen molar-refractivity contribution in [2.24, 2.45) is 0 Å². The van der Waals surface area contributed by atoms with Gasteiger partial charge in [0.15, 0.2) is 0 Å². The van der Waals surface area contributed by atoms with Crippen molar-refractivity contribution in [1.82, 2.24) is 0 Å². The average molecular weight is 249 g/mol. The van der Waals surface area contributed by atoms with Crippen LogP contribution in [0.3, 0.4) is 0 Å². The third-order valence-electron chi connectivity index (χ3n) is 3.33. The van der Waals surface area contributed by atoms with Crippen molar-refractivity contribution < 1.29 is 4.79 Å². The maximum absolute atomic E-state index is 12.1. The summed E-state index contributed by atoms with van der Waals surface area (Å²) in [5, 5.41) is 3.20. The minimum Gasteiger partial charge on any atom is -0.325 e. The lowest BCUT2D eigenvalue weighted by Crippen LogP contribution is -2.27. The Bertz CT molecular complexity index is 411. The molecule has 1 aliphatic rings. The number of thioether (sulfide) groups is 1. The van der Waals surface area contributed by atoms with E-state index in [9.17, 15) is 4.79 Å². The Kier molecular flexibility index (Phi) is 4.11. The predicted octanol–water partition coefficient (Wildman–Crippen LogP) is 3.53. The SMILES string of the molecule is Cc1cccc(NC(=O)C2CCCCS2)c1C. The lowest BCUT2D eigenvalue weighted by molar-refractivity contribution is -0.115. The van der Waals surface area contributed by atoms with E-state index >= 15 is 0 Å². The Hall–Kier alpha value is -0.960.